The first-order valence-electron chi connectivity index (χ1n) is 7.68. The van der Waals surface area contributed by atoms with E-state index in [-0.39, 0.29) is 11.9 Å². The number of anilines is 1. The third-order valence-corrected chi connectivity index (χ3v) is 4.90. The number of carbonyl (C=O) groups is 1. The number of fused-ring (bicyclic) bond motifs is 1. The highest BCUT2D eigenvalue weighted by Crippen LogP contribution is 2.26. The lowest BCUT2D eigenvalue weighted by atomic mass is 10.0. The zero-order valence-electron chi connectivity index (χ0n) is 12.3. The normalized spacial score (nSPS) is 19.8. The Hall–Kier alpha value is -1.46. The van der Waals surface area contributed by atoms with E-state index >= 15 is 0 Å². The lowest BCUT2D eigenvalue weighted by Crippen LogP contribution is -2.47. The number of hydrogen-bond donors (Lipinski definition) is 1. The van der Waals surface area contributed by atoms with Gasteiger partial charge in [0.2, 0.25) is 5.91 Å². The molecular weight excluding hydrogens is 282 g/mol. The molecule has 0 spiro atoms. The SMILES string of the molecule is CCCN1CCCCC1C(=O)Nc1nc2ccccc2s1. The Morgan fingerprint density at radius 1 is 1.43 bits per heavy atom. The largest absolute Gasteiger partial charge is 0.301 e. The molecule has 1 aliphatic heterocycles. The van der Waals surface area contributed by atoms with Crippen LogP contribution in [0.1, 0.15) is 32.6 Å². The van der Waals surface area contributed by atoms with Crippen LogP contribution in [0.3, 0.4) is 0 Å². The number of piperidine rings is 1. The molecular formula is C16H21N3OS. The van der Waals surface area contributed by atoms with Gasteiger partial charge in [0.15, 0.2) is 5.13 Å². The second-order valence-corrected chi connectivity index (χ2v) is 6.55. The van der Waals surface area contributed by atoms with Gasteiger partial charge in [-0.3, -0.25) is 9.69 Å². The quantitative estimate of drug-likeness (QED) is 0.940. The van der Waals surface area contributed by atoms with Crippen LogP contribution < -0.4 is 5.32 Å². The lowest BCUT2D eigenvalue weighted by molar-refractivity contribution is -0.122. The standard InChI is InChI=1S/C16H21N3OS/c1-2-10-19-11-6-5-8-13(19)15(20)18-16-17-12-7-3-4-9-14(12)21-16/h3-4,7,9,13H,2,5-6,8,10-11H2,1H3,(H,17,18,20). The highest BCUT2D eigenvalue weighted by Gasteiger charge is 2.28. The average molecular weight is 303 g/mol. The van der Waals surface area contributed by atoms with Gasteiger partial charge in [0.25, 0.3) is 0 Å². The van der Waals surface area contributed by atoms with Crippen LogP contribution in [0.5, 0.6) is 0 Å². The van der Waals surface area contributed by atoms with Gasteiger partial charge in [-0.25, -0.2) is 4.98 Å². The van der Waals surface area contributed by atoms with E-state index in [1.54, 1.807) is 11.3 Å². The molecule has 21 heavy (non-hydrogen) atoms. The third kappa shape index (κ3) is 3.24. The van der Waals surface area contributed by atoms with Gasteiger partial charge in [-0.1, -0.05) is 36.8 Å². The highest BCUT2D eigenvalue weighted by molar-refractivity contribution is 7.22. The Morgan fingerprint density at radius 3 is 3.10 bits per heavy atom. The van der Waals surface area contributed by atoms with Crippen molar-refractivity contribution in [3.05, 3.63) is 24.3 Å². The number of para-hydroxylation sites is 1. The van der Waals surface area contributed by atoms with Crippen molar-refractivity contribution in [1.29, 1.82) is 0 Å². The van der Waals surface area contributed by atoms with Crippen molar-refractivity contribution < 1.29 is 4.79 Å². The minimum atomic E-state index is 0.00529. The summed E-state index contributed by atoms with van der Waals surface area (Å²) in [7, 11) is 0. The van der Waals surface area contributed by atoms with Gasteiger partial charge < -0.3 is 5.32 Å². The Bertz CT molecular complexity index is 590. The van der Waals surface area contributed by atoms with Crippen molar-refractivity contribution in [3.8, 4) is 0 Å². The summed E-state index contributed by atoms with van der Waals surface area (Å²) in [4.78, 5) is 19.3. The van der Waals surface area contributed by atoms with Crippen molar-refractivity contribution in [2.24, 2.45) is 0 Å². The maximum absolute atomic E-state index is 12.5. The van der Waals surface area contributed by atoms with Crippen LogP contribution in [0.4, 0.5) is 5.13 Å². The van der Waals surface area contributed by atoms with Gasteiger partial charge in [-0.2, -0.15) is 0 Å². The zero-order chi connectivity index (χ0) is 14.7. The topological polar surface area (TPSA) is 45.2 Å². The van der Waals surface area contributed by atoms with Gasteiger partial charge >= 0.3 is 0 Å². The van der Waals surface area contributed by atoms with Gasteiger partial charge in [0.05, 0.1) is 16.3 Å². The van der Waals surface area contributed by atoms with Gasteiger partial charge in [-0.15, -0.1) is 0 Å². The molecule has 2 heterocycles. The predicted molar refractivity (Wildman–Crippen MR) is 87.8 cm³/mol. The van der Waals surface area contributed by atoms with Gasteiger partial charge in [0.1, 0.15) is 0 Å². The van der Waals surface area contributed by atoms with Crippen LogP contribution in [-0.2, 0) is 4.79 Å². The number of thiazole rings is 1. The summed E-state index contributed by atoms with van der Waals surface area (Å²) in [6, 6.07) is 7.98. The minimum absolute atomic E-state index is 0.00529. The number of benzene rings is 1. The summed E-state index contributed by atoms with van der Waals surface area (Å²) in [5.74, 6) is 0.0993. The number of amides is 1. The predicted octanol–water partition coefficient (Wildman–Crippen LogP) is 3.50. The number of aromatic nitrogens is 1. The second kappa shape index (κ2) is 6.54. The molecule has 1 N–H and O–H groups in total. The Balaban J connectivity index is 1.72. The number of carbonyl (C=O) groups excluding carboxylic acids is 1. The first kappa shape index (κ1) is 14.5. The number of nitrogens with zero attached hydrogens (tertiary/aromatic N) is 2. The van der Waals surface area contributed by atoms with E-state index in [1.165, 1.54) is 6.42 Å². The Kier molecular flexibility index (Phi) is 4.51. The summed E-state index contributed by atoms with van der Waals surface area (Å²) < 4.78 is 1.11. The lowest BCUT2D eigenvalue weighted by Gasteiger charge is -2.34. The third-order valence-electron chi connectivity index (χ3n) is 3.95. The molecule has 0 radical (unpaired) electrons. The van der Waals surface area contributed by atoms with Crippen LogP contribution in [0.2, 0.25) is 0 Å². The monoisotopic (exact) mass is 303 g/mol. The maximum atomic E-state index is 12.5. The number of nitrogens with one attached hydrogen (secondary N) is 1. The summed E-state index contributed by atoms with van der Waals surface area (Å²) in [5.41, 5.74) is 0.951. The molecule has 4 nitrogen and oxygen atoms in total. The molecule has 1 amide bonds. The van der Waals surface area contributed by atoms with Crippen LogP contribution >= 0.6 is 11.3 Å². The summed E-state index contributed by atoms with van der Waals surface area (Å²) in [6.45, 7) is 4.20. The number of hydrogen-bond acceptors (Lipinski definition) is 4. The average Bonchev–Trinajstić information content (AvgIpc) is 2.90. The van der Waals surface area contributed by atoms with E-state index in [0.29, 0.717) is 5.13 Å². The Morgan fingerprint density at radius 2 is 2.29 bits per heavy atom. The fourth-order valence-corrected chi connectivity index (χ4v) is 3.83. The molecule has 0 aliphatic carbocycles. The minimum Gasteiger partial charge on any atom is -0.301 e. The van der Waals surface area contributed by atoms with Crippen LogP contribution in [0.15, 0.2) is 24.3 Å². The van der Waals surface area contributed by atoms with E-state index in [2.05, 4.69) is 22.1 Å². The molecule has 1 fully saturated rings. The molecule has 0 saturated carbocycles. The highest BCUT2D eigenvalue weighted by atomic mass is 32.1. The summed E-state index contributed by atoms with van der Waals surface area (Å²) in [5, 5.41) is 3.73. The first-order chi connectivity index (χ1) is 10.3. The van der Waals surface area contributed by atoms with E-state index < -0.39 is 0 Å². The van der Waals surface area contributed by atoms with Crippen LogP contribution in [-0.4, -0.2) is 34.9 Å². The molecule has 1 aromatic heterocycles. The molecule has 1 saturated heterocycles. The first-order valence-corrected chi connectivity index (χ1v) is 8.50. The zero-order valence-corrected chi connectivity index (χ0v) is 13.2. The fraction of sp³-hybridized carbons (Fsp3) is 0.500. The maximum Gasteiger partial charge on any atom is 0.243 e. The van der Waals surface area contributed by atoms with E-state index in [0.717, 1.165) is 42.6 Å². The molecule has 0 bridgehead atoms. The molecule has 1 atom stereocenters. The van der Waals surface area contributed by atoms with E-state index in [4.69, 9.17) is 0 Å². The summed E-state index contributed by atoms with van der Waals surface area (Å²) in [6.07, 6.45) is 4.38. The Labute approximate surface area is 129 Å². The molecule has 5 heteroatoms. The summed E-state index contributed by atoms with van der Waals surface area (Å²) >= 11 is 1.54. The molecule has 1 aliphatic rings. The molecule has 2 aromatic rings. The fourth-order valence-electron chi connectivity index (χ4n) is 2.96. The van der Waals surface area contributed by atoms with Crippen molar-refractivity contribution in [3.63, 3.8) is 0 Å². The van der Waals surface area contributed by atoms with E-state index in [9.17, 15) is 4.79 Å². The van der Waals surface area contributed by atoms with Crippen molar-refractivity contribution in [1.82, 2.24) is 9.88 Å². The second-order valence-electron chi connectivity index (χ2n) is 5.52. The number of likely N-dealkylation sites (tertiary alicyclic amines) is 1. The van der Waals surface area contributed by atoms with Crippen molar-refractivity contribution in [2.45, 2.75) is 38.6 Å². The smallest absolute Gasteiger partial charge is 0.243 e. The van der Waals surface area contributed by atoms with Crippen LogP contribution in [0.25, 0.3) is 10.2 Å². The molecule has 3 rings (SSSR count). The van der Waals surface area contributed by atoms with Crippen molar-refractivity contribution >= 4 is 32.6 Å². The number of rotatable bonds is 4. The molecule has 112 valence electrons. The molecule has 1 aromatic carbocycles. The van der Waals surface area contributed by atoms with Gasteiger partial charge in [-0.05, 0) is 44.5 Å². The molecule has 1 unspecified atom stereocenters. The van der Waals surface area contributed by atoms with Gasteiger partial charge in [0, 0.05) is 0 Å². The van der Waals surface area contributed by atoms with Crippen LogP contribution in [0, 0.1) is 0 Å². The van der Waals surface area contributed by atoms with E-state index in [1.807, 2.05) is 24.3 Å². The van der Waals surface area contributed by atoms with Crippen molar-refractivity contribution in [2.75, 3.05) is 18.4 Å².